The van der Waals surface area contributed by atoms with Gasteiger partial charge in [0.2, 0.25) is 5.95 Å². The average Bonchev–Trinajstić information content (AvgIpc) is 3.06. The van der Waals surface area contributed by atoms with Crippen LogP contribution in [0.25, 0.3) is 11.4 Å². The van der Waals surface area contributed by atoms with Crippen LogP contribution in [0.5, 0.6) is 0 Å². The number of halogens is 2. The lowest BCUT2D eigenvalue weighted by Crippen LogP contribution is -2.47. The first-order valence-corrected chi connectivity index (χ1v) is 10.0. The molecule has 0 aliphatic carbocycles. The van der Waals surface area contributed by atoms with Crippen molar-refractivity contribution < 1.29 is 13.6 Å². The summed E-state index contributed by atoms with van der Waals surface area (Å²) in [5.41, 5.74) is 1.55. The first-order chi connectivity index (χ1) is 14.9. The van der Waals surface area contributed by atoms with Gasteiger partial charge in [0.25, 0.3) is 5.91 Å². The van der Waals surface area contributed by atoms with E-state index in [4.69, 9.17) is 0 Å². The van der Waals surface area contributed by atoms with Gasteiger partial charge in [-0.25, -0.2) is 18.7 Å². The number of anilines is 2. The van der Waals surface area contributed by atoms with Crippen LogP contribution in [0.1, 0.15) is 23.8 Å². The number of aromatic nitrogens is 4. The zero-order valence-electron chi connectivity index (χ0n) is 17.3. The largest absolute Gasteiger partial charge is 0.347 e. The van der Waals surface area contributed by atoms with Crippen molar-refractivity contribution in [2.24, 2.45) is 7.05 Å². The molecule has 2 aromatic heterocycles. The van der Waals surface area contributed by atoms with Crippen molar-refractivity contribution in [2.75, 3.05) is 25.0 Å². The maximum Gasteiger partial charge on any atom is 0.269 e. The Kier molecular flexibility index (Phi) is 5.90. The van der Waals surface area contributed by atoms with E-state index in [-0.39, 0.29) is 23.6 Å². The van der Waals surface area contributed by atoms with Crippen LogP contribution in [0, 0.1) is 11.6 Å². The van der Waals surface area contributed by atoms with E-state index in [0.717, 1.165) is 37.8 Å². The fourth-order valence-corrected chi connectivity index (χ4v) is 3.42. The fourth-order valence-electron chi connectivity index (χ4n) is 3.42. The molecule has 3 aromatic rings. The number of hydrogen-bond acceptors (Lipinski definition) is 6. The number of aryl methyl sites for hydroxylation is 1. The van der Waals surface area contributed by atoms with E-state index in [0.29, 0.717) is 17.1 Å². The van der Waals surface area contributed by atoms with Crippen LogP contribution in [-0.2, 0) is 7.05 Å². The van der Waals surface area contributed by atoms with E-state index in [1.54, 1.807) is 19.2 Å². The molecule has 162 valence electrons. The Labute approximate surface area is 178 Å². The highest BCUT2D eigenvalue weighted by Crippen LogP contribution is 2.21. The van der Waals surface area contributed by atoms with Gasteiger partial charge in [0, 0.05) is 37.6 Å². The molecule has 0 unspecified atom stereocenters. The molecule has 1 aliphatic rings. The maximum absolute atomic E-state index is 13.4. The highest BCUT2D eigenvalue weighted by molar-refractivity contribution is 5.93. The third-order valence-corrected chi connectivity index (χ3v) is 5.01. The Bertz CT molecular complexity index is 1080. The zero-order valence-corrected chi connectivity index (χ0v) is 17.3. The summed E-state index contributed by atoms with van der Waals surface area (Å²) >= 11 is 0. The van der Waals surface area contributed by atoms with Crippen molar-refractivity contribution in [3.8, 4) is 11.4 Å². The highest BCUT2D eigenvalue weighted by atomic mass is 19.1. The molecule has 1 aromatic carbocycles. The number of carbonyl (C=O) groups is 1. The summed E-state index contributed by atoms with van der Waals surface area (Å²) in [4.78, 5) is 23.4. The second-order valence-electron chi connectivity index (χ2n) is 7.62. The molecule has 0 radical (unpaired) electrons. The van der Waals surface area contributed by atoms with E-state index < -0.39 is 11.6 Å². The van der Waals surface area contributed by atoms with Crippen molar-refractivity contribution in [1.29, 1.82) is 0 Å². The van der Waals surface area contributed by atoms with E-state index in [1.807, 2.05) is 6.92 Å². The predicted octanol–water partition coefficient (Wildman–Crippen LogP) is 2.72. The van der Waals surface area contributed by atoms with E-state index in [9.17, 15) is 13.6 Å². The number of rotatable bonds is 7. The third-order valence-electron chi connectivity index (χ3n) is 5.01. The molecule has 0 saturated carbocycles. The number of nitrogens with one attached hydrogen (secondary N) is 2. The number of carbonyl (C=O) groups excluding carboxylic acids is 1. The summed E-state index contributed by atoms with van der Waals surface area (Å²) in [5, 5.41) is 10.2. The summed E-state index contributed by atoms with van der Waals surface area (Å²) < 4.78 is 28.3. The van der Waals surface area contributed by atoms with Crippen LogP contribution in [0.3, 0.4) is 0 Å². The Balaban J connectivity index is 1.48. The minimum atomic E-state index is -0.706. The third kappa shape index (κ3) is 5.02. The van der Waals surface area contributed by atoms with Crippen molar-refractivity contribution in [3.05, 3.63) is 53.9 Å². The number of hydrogen-bond donors (Lipinski definition) is 2. The molecule has 1 aliphatic heterocycles. The van der Waals surface area contributed by atoms with E-state index >= 15 is 0 Å². The minimum Gasteiger partial charge on any atom is -0.347 e. The molecule has 1 atom stereocenters. The summed E-state index contributed by atoms with van der Waals surface area (Å²) in [6.07, 6.45) is 2.71. The second-order valence-corrected chi connectivity index (χ2v) is 7.62. The fraction of sp³-hybridized carbons (Fsp3) is 0.333. The molecule has 0 spiro atoms. The first kappa shape index (κ1) is 20.9. The average molecular weight is 427 g/mol. The first-order valence-electron chi connectivity index (χ1n) is 10.0. The monoisotopic (exact) mass is 427 g/mol. The number of amides is 1. The topological polar surface area (TPSA) is 88.0 Å². The predicted molar refractivity (Wildman–Crippen MR) is 112 cm³/mol. The van der Waals surface area contributed by atoms with Gasteiger partial charge in [-0.3, -0.25) is 9.48 Å². The quantitative estimate of drug-likeness (QED) is 0.603. The molecule has 3 heterocycles. The number of likely N-dealkylation sites (tertiary alicyclic amines) is 1. The van der Waals surface area contributed by atoms with Crippen LogP contribution >= 0.6 is 0 Å². The standard InChI is InChI=1S/C21H23F2N7O/c1-13(12-30-6-3-7-30)25-20(31)19-11-18(28-29(19)2)17-4-5-24-21(27-17)26-16-9-14(22)8-15(23)10-16/h4-5,8-11,13H,3,6-7,12H2,1-2H3,(H,25,31)(H,24,26,27)/t13-/m0/s1. The smallest absolute Gasteiger partial charge is 0.269 e. The van der Waals surface area contributed by atoms with Gasteiger partial charge in [0.15, 0.2) is 0 Å². The Hall–Kier alpha value is -3.40. The molecule has 31 heavy (non-hydrogen) atoms. The molecule has 1 amide bonds. The van der Waals surface area contributed by atoms with E-state index in [1.165, 1.54) is 17.3 Å². The molecule has 0 bridgehead atoms. The summed E-state index contributed by atoms with van der Waals surface area (Å²) in [7, 11) is 1.69. The van der Waals surface area contributed by atoms with Gasteiger partial charge in [0.05, 0.1) is 5.69 Å². The summed E-state index contributed by atoms with van der Waals surface area (Å²) in [6, 6.07) is 6.39. The lowest BCUT2D eigenvalue weighted by atomic mass is 10.2. The van der Waals surface area contributed by atoms with Crippen LogP contribution in [0.15, 0.2) is 36.5 Å². The SMILES string of the molecule is C[C@@H](CN1CCC1)NC(=O)c1cc(-c2ccnc(Nc3cc(F)cc(F)c3)n2)nn1C. The Morgan fingerprint density at radius 1 is 1.16 bits per heavy atom. The zero-order chi connectivity index (χ0) is 22.0. The maximum atomic E-state index is 13.4. The minimum absolute atomic E-state index is 0.0210. The Morgan fingerprint density at radius 2 is 1.90 bits per heavy atom. The van der Waals surface area contributed by atoms with Gasteiger partial charge in [-0.15, -0.1) is 0 Å². The van der Waals surface area contributed by atoms with Gasteiger partial charge in [0.1, 0.15) is 23.0 Å². The van der Waals surface area contributed by atoms with Gasteiger partial charge in [-0.2, -0.15) is 5.10 Å². The molecule has 10 heteroatoms. The van der Waals surface area contributed by atoms with Crippen molar-refractivity contribution >= 4 is 17.5 Å². The van der Waals surface area contributed by atoms with Crippen LogP contribution in [-0.4, -0.2) is 56.2 Å². The second kappa shape index (κ2) is 8.76. The van der Waals surface area contributed by atoms with Crippen LogP contribution < -0.4 is 10.6 Å². The van der Waals surface area contributed by atoms with Crippen LogP contribution in [0.2, 0.25) is 0 Å². The molecular formula is C21H23F2N7O. The van der Waals surface area contributed by atoms with E-state index in [2.05, 4.69) is 30.6 Å². The van der Waals surface area contributed by atoms with Gasteiger partial charge in [-0.05, 0) is 50.7 Å². The van der Waals surface area contributed by atoms with Crippen molar-refractivity contribution in [1.82, 2.24) is 30.0 Å². The summed E-state index contributed by atoms with van der Waals surface area (Å²) in [6.45, 7) is 4.94. The highest BCUT2D eigenvalue weighted by Gasteiger charge is 2.20. The normalized spacial score (nSPS) is 14.7. The molecule has 2 N–H and O–H groups in total. The molecular weight excluding hydrogens is 404 g/mol. The van der Waals surface area contributed by atoms with Crippen molar-refractivity contribution in [2.45, 2.75) is 19.4 Å². The molecule has 1 saturated heterocycles. The lowest BCUT2D eigenvalue weighted by molar-refractivity contribution is 0.0905. The lowest BCUT2D eigenvalue weighted by Gasteiger charge is -2.33. The molecule has 1 fully saturated rings. The van der Waals surface area contributed by atoms with Gasteiger partial charge < -0.3 is 15.5 Å². The summed E-state index contributed by atoms with van der Waals surface area (Å²) in [5.74, 6) is -1.47. The van der Waals surface area contributed by atoms with Gasteiger partial charge in [-0.1, -0.05) is 0 Å². The van der Waals surface area contributed by atoms with Gasteiger partial charge >= 0.3 is 0 Å². The van der Waals surface area contributed by atoms with Crippen molar-refractivity contribution in [3.63, 3.8) is 0 Å². The molecule has 4 rings (SSSR count). The Morgan fingerprint density at radius 3 is 2.58 bits per heavy atom. The number of benzene rings is 1. The molecule has 8 nitrogen and oxygen atoms in total. The number of nitrogens with zero attached hydrogens (tertiary/aromatic N) is 5. The van der Waals surface area contributed by atoms with Crippen LogP contribution in [0.4, 0.5) is 20.4 Å².